The van der Waals surface area contributed by atoms with E-state index in [9.17, 15) is 9.18 Å². The average Bonchev–Trinajstić information content (AvgIpc) is 3.46. The third-order valence-electron chi connectivity index (χ3n) is 5.09. The van der Waals surface area contributed by atoms with E-state index < -0.39 is 5.82 Å². The Morgan fingerprint density at radius 1 is 1.12 bits per heavy atom. The Morgan fingerprint density at radius 2 is 1.88 bits per heavy atom. The van der Waals surface area contributed by atoms with Gasteiger partial charge in [0.25, 0.3) is 0 Å². The molecular weight excluding hydrogens is 319 g/mol. The number of halogens is 1. The van der Waals surface area contributed by atoms with Gasteiger partial charge in [0.1, 0.15) is 11.6 Å². The maximum absolute atomic E-state index is 13.3. The molecule has 2 heterocycles. The van der Waals surface area contributed by atoms with Crippen LogP contribution in [0, 0.1) is 11.7 Å². The molecule has 1 aliphatic heterocycles. The summed E-state index contributed by atoms with van der Waals surface area (Å²) in [6.45, 7) is 1.28. The minimum atomic E-state index is -0.392. The highest BCUT2D eigenvalue weighted by molar-refractivity contribution is 5.97. The van der Waals surface area contributed by atoms with Crippen LogP contribution in [0.4, 0.5) is 10.2 Å². The lowest BCUT2D eigenvalue weighted by atomic mass is 10.0. The second kappa shape index (κ2) is 6.92. The summed E-state index contributed by atoms with van der Waals surface area (Å²) in [5.41, 5.74) is 1.21. The average molecular weight is 340 g/mol. The number of benzene rings is 1. The molecule has 5 heteroatoms. The molecule has 2 atom stereocenters. The molecule has 1 saturated carbocycles. The van der Waals surface area contributed by atoms with Crippen LogP contribution in [0.15, 0.2) is 48.7 Å². The van der Waals surface area contributed by atoms with Crippen LogP contribution in [0.5, 0.6) is 0 Å². The number of pyridine rings is 1. The smallest absolute Gasteiger partial charge is 0.232 e. The summed E-state index contributed by atoms with van der Waals surface area (Å²) in [7, 11) is 0. The fourth-order valence-electron chi connectivity index (χ4n) is 3.65. The van der Waals surface area contributed by atoms with Crippen LogP contribution < -0.4 is 4.90 Å². The van der Waals surface area contributed by atoms with E-state index in [2.05, 4.69) is 17.1 Å². The Kier molecular flexibility index (Phi) is 4.49. The normalized spacial score (nSPS) is 23.2. The Labute approximate surface area is 146 Å². The lowest BCUT2D eigenvalue weighted by Crippen LogP contribution is -2.45. The molecule has 2 aliphatic rings. The first-order valence-electron chi connectivity index (χ1n) is 8.81. The van der Waals surface area contributed by atoms with Gasteiger partial charge in [0.15, 0.2) is 0 Å². The molecule has 0 unspecified atom stereocenters. The summed E-state index contributed by atoms with van der Waals surface area (Å²) in [6, 6.07) is 13.2. The molecule has 2 aromatic rings. The number of hydrogen-bond acceptors (Lipinski definition) is 3. The maximum atomic E-state index is 13.3. The topological polar surface area (TPSA) is 42.4 Å². The molecule has 1 amide bonds. The highest BCUT2D eigenvalue weighted by Gasteiger charge is 2.47. The first-order chi connectivity index (χ1) is 12.2. The summed E-state index contributed by atoms with van der Waals surface area (Å²) in [6.07, 6.45) is 3.61. The van der Waals surface area contributed by atoms with E-state index in [-0.39, 0.29) is 23.8 Å². The minimum absolute atomic E-state index is 0.0166. The SMILES string of the molecule is O=C([C@H]1C[C@@H]1c1ccccc1)N(c1ccc(F)cn1)C1CCOCC1. The highest BCUT2D eigenvalue weighted by Crippen LogP contribution is 2.49. The Hall–Kier alpha value is -2.27. The molecule has 4 nitrogen and oxygen atoms in total. The van der Waals surface area contributed by atoms with Crippen molar-refractivity contribution >= 4 is 11.7 Å². The molecule has 25 heavy (non-hydrogen) atoms. The van der Waals surface area contributed by atoms with Gasteiger partial charge in [0.05, 0.1) is 6.20 Å². The molecule has 2 fully saturated rings. The van der Waals surface area contributed by atoms with Crippen molar-refractivity contribution in [1.29, 1.82) is 0 Å². The third-order valence-corrected chi connectivity index (χ3v) is 5.09. The van der Waals surface area contributed by atoms with Crippen LogP contribution in [-0.4, -0.2) is 30.1 Å². The quantitative estimate of drug-likeness (QED) is 0.855. The number of rotatable bonds is 4. The number of aromatic nitrogens is 1. The van der Waals surface area contributed by atoms with Crippen LogP contribution in [-0.2, 0) is 9.53 Å². The molecule has 4 rings (SSSR count). The van der Waals surface area contributed by atoms with Gasteiger partial charge in [0, 0.05) is 25.2 Å². The Morgan fingerprint density at radius 3 is 2.56 bits per heavy atom. The number of carbonyl (C=O) groups is 1. The zero-order chi connectivity index (χ0) is 17.2. The van der Waals surface area contributed by atoms with Gasteiger partial charge in [-0.2, -0.15) is 0 Å². The highest BCUT2D eigenvalue weighted by atomic mass is 19.1. The van der Waals surface area contributed by atoms with Crippen molar-refractivity contribution in [1.82, 2.24) is 4.98 Å². The first kappa shape index (κ1) is 16.2. The Balaban J connectivity index is 1.57. The maximum Gasteiger partial charge on any atom is 0.232 e. The van der Waals surface area contributed by atoms with Gasteiger partial charge in [-0.15, -0.1) is 0 Å². The summed E-state index contributed by atoms with van der Waals surface area (Å²) >= 11 is 0. The molecule has 1 aromatic heterocycles. The van der Waals surface area contributed by atoms with Gasteiger partial charge < -0.3 is 4.74 Å². The number of ether oxygens (including phenoxy) is 1. The number of anilines is 1. The lowest BCUT2D eigenvalue weighted by molar-refractivity contribution is -0.120. The molecule has 1 saturated heterocycles. The minimum Gasteiger partial charge on any atom is -0.381 e. The van der Waals surface area contributed by atoms with Crippen molar-refractivity contribution in [2.45, 2.75) is 31.2 Å². The predicted molar refractivity (Wildman–Crippen MR) is 92.8 cm³/mol. The predicted octanol–water partition coefficient (Wildman–Crippen LogP) is 3.54. The standard InChI is InChI=1S/C20H21FN2O2/c21-15-6-7-19(22-13-15)23(16-8-10-25-11-9-16)20(24)18-12-17(18)14-4-2-1-3-5-14/h1-7,13,16-18H,8-12H2/t17-,18+/m1/s1. The molecule has 0 radical (unpaired) electrons. The molecule has 1 aromatic carbocycles. The van der Waals surface area contributed by atoms with Gasteiger partial charge in [-0.3, -0.25) is 9.69 Å². The van der Waals surface area contributed by atoms with E-state index in [4.69, 9.17) is 4.74 Å². The van der Waals surface area contributed by atoms with E-state index in [1.54, 1.807) is 11.0 Å². The van der Waals surface area contributed by atoms with Crippen molar-refractivity contribution in [2.75, 3.05) is 18.1 Å². The van der Waals surface area contributed by atoms with E-state index in [1.165, 1.54) is 17.8 Å². The van der Waals surface area contributed by atoms with E-state index in [1.807, 2.05) is 18.2 Å². The summed E-state index contributed by atoms with van der Waals surface area (Å²) in [5, 5.41) is 0. The molecule has 0 bridgehead atoms. The van der Waals surface area contributed by atoms with Gasteiger partial charge in [0.2, 0.25) is 5.91 Å². The Bertz CT molecular complexity index is 729. The van der Waals surface area contributed by atoms with Crippen molar-refractivity contribution in [3.63, 3.8) is 0 Å². The van der Waals surface area contributed by atoms with Crippen LogP contribution >= 0.6 is 0 Å². The summed E-state index contributed by atoms with van der Waals surface area (Å²) in [4.78, 5) is 19.2. The fraction of sp³-hybridized carbons (Fsp3) is 0.400. The zero-order valence-corrected chi connectivity index (χ0v) is 14.0. The summed E-state index contributed by atoms with van der Waals surface area (Å²) < 4.78 is 18.7. The number of amides is 1. The number of carbonyl (C=O) groups excluding carboxylic acids is 1. The monoisotopic (exact) mass is 340 g/mol. The van der Waals surface area contributed by atoms with Crippen molar-refractivity contribution in [3.05, 3.63) is 60.0 Å². The van der Waals surface area contributed by atoms with Crippen LogP contribution in [0.3, 0.4) is 0 Å². The lowest BCUT2D eigenvalue weighted by Gasteiger charge is -2.33. The van der Waals surface area contributed by atoms with Crippen molar-refractivity contribution in [3.8, 4) is 0 Å². The summed E-state index contributed by atoms with van der Waals surface area (Å²) in [5.74, 6) is 0.502. The van der Waals surface area contributed by atoms with Crippen molar-refractivity contribution in [2.24, 2.45) is 5.92 Å². The second-order valence-corrected chi connectivity index (χ2v) is 6.75. The van der Waals surface area contributed by atoms with Gasteiger partial charge >= 0.3 is 0 Å². The number of nitrogens with zero attached hydrogens (tertiary/aromatic N) is 2. The van der Waals surface area contributed by atoms with Crippen molar-refractivity contribution < 1.29 is 13.9 Å². The van der Waals surface area contributed by atoms with Crippen LogP contribution in [0.2, 0.25) is 0 Å². The van der Waals surface area contributed by atoms with E-state index in [0.29, 0.717) is 19.0 Å². The molecular formula is C20H21FN2O2. The third kappa shape index (κ3) is 3.42. The van der Waals surface area contributed by atoms with E-state index in [0.717, 1.165) is 19.3 Å². The number of hydrogen-bond donors (Lipinski definition) is 0. The van der Waals surface area contributed by atoms with Gasteiger partial charge in [-0.25, -0.2) is 9.37 Å². The largest absolute Gasteiger partial charge is 0.381 e. The molecule has 0 spiro atoms. The van der Waals surface area contributed by atoms with Crippen LogP contribution in [0.1, 0.15) is 30.7 Å². The van der Waals surface area contributed by atoms with Gasteiger partial charge in [-0.05, 0) is 42.9 Å². The first-order valence-corrected chi connectivity index (χ1v) is 8.81. The second-order valence-electron chi connectivity index (χ2n) is 6.75. The molecule has 0 N–H and O–H groups in total. The zero-order valence-electron chi connectivity index (χ0n) is 14.0. The molecule has 130 valence electrons. The van der Waals surface area contributed by atoms with Gasteiger partial charge in [-0.1, -0.05) is 30.3 Å². The molecule has 1 aliphatic carbocycles. The van der Waals surface area contributed by atoms with E-state index >= 15 is 0 Å². The van der Waals surface area contributed by atoms with Crippen LogP contribution in [0.25, 0.3) is 0 Å². The fourth-order valence-corrected chi connectivity index (χ4v) is 3.65.